The van der Waals surface area contributed by atoms with Gasteiger partial charge in [0, 0.05) is 24.5 Å². The largest absolute Gasteiger partial charge is 0.493 e. The van der Waals surface area contributed by atoms with E-state index in [0.717, 1.165) is 0 Å². The molecule has 0 aliphatic carbocycles. The zero-order valence-corrected chi connectivity index (χ0v) is 17.2. The van der Waals surface area contributed by atoms with Crippen molar-refractivity contribution in [2.45, 2.75) is 13.3 Å². The average molecular weight is 424 g/mol. The molecule has 0 saturated carbocycles. The molecule has 2 aromatic heterocycles. The van der Waals surface area contributed by atoms with Crippen molar-refractivity contribution < 1.29 is 23.6 Å². The fourth-order valence-corrected chi connectivity index (χ4v) is 3.24. The number of nitro benzene ring substituents is 1. The van der Waals surface area contributed by atoms with Crippen molar-refractivity contribution in [1.82, 2.24) is 9.88 Å². The maximum absolute atomic E-state index is 12.8. The van der Waals surface area contributed by atoms with Gasteiger partial charge in [0.2, 0.25) is 5.88 Å². The smallest absolute Gasteiger partial charge is 0.276 e. The lowest BCUT2D eigenvalue weighted by Gasteiger charge is -2.11. The summed E-state index contributed by atoms with van der Waals surface area (Å²) < 4.78 is 17.6. The third-order valence-electron chi connectivity index (χ3n) is 4.70. The van der Waals surface area contributed by atoms with Crippen LogP contribution in [0.5, 0.6) is 11.5 Å². The van der Waals surface area contributed by atoms with Gasteiger partial charge in [-0.15, -0.1) is 0 Å². The van der Waals surface area contributed by atoms with Gasteiger partial charge in [-0.1, -0.05) is 0 Å². The van der Waals surface area contributed by atoms with E-state index in [4.69, 9.17) is 13.9 Å². The number of nitro groups is 1. The number of furan rings is 1. The second kappa shape index (κ2) is 9.04. The summed E-state index contributed by atoms with van der Waals surface area (Å²) in [7, 11) is 2.83. The fourth-order valence-electron chi connectivity index (χ4n) is 3.24. The molecule has 0 fully saturated rings. The number of hydrogen-bond acceptors (Lipinski definition) is 7. The van der Waals surface area contributed by atoms with Gasteiger partial charge in [-0.25, -0.2) is 0 Å². The minimum absolute atomic E-state index is 0.101. The molecule has 160 valence electrons. The topological polar surface area (TPSA) is 133 Å². The van der Waals surface area contributed by atoms with Gasteiger partial charge in [0.15, 0.2) is 11.5 Å². The molecule has 1 amide bonds. The Balaban J connectivity index is 1.80. The quantitative estimate of drug-likeness (QED) is 0.434. The summed E-state index contributed by atoms with van der Waals surface area (Å²) >= 11 is 0. The first kappa shape index (κ1) is 21.4. The number of carbonyl (C=O) groups excluding carboxylic acids is 1. The van der Waals surface area contributed by atoms with E-state index in [1.807, 2.05) is 6.07 Å². The molecule has 0 spiro atoms. The number of methoxy groups -OCH3 is 2. The molecule has 10 nitrogen and oxygen atoms in total. The van der Waals surface area contributed by atoms with Crippen molar-refractivity contribution in [3.05, 3.63) is 69.2 Å². The molecule has 10 heteroatoms. The second-order valence-electron chi connectivity index (χ2n) is 6.51. The first-order valence-electron chi connectivity index (χ1n) is 9.25. The van der Waals surface area contributed by atoms with E-state index in [0.29, 0.717) is 17.1 Å². The zero-order valence-electron chi connectivity index (χ0n) is 17.2. The summed E-state index contributed by atoms with van der Waals surface area (Å²) in [6.07, 6.45) is 3.58. The SMILES string of the molecule is COc1cc(CCNC(=O)c2c(C)oc(-n3cccc3)c2C#N)c([N+](=O)[O-])cc1OC. The van der Waals surface area contributed by atoms with E-state index in [2.05, 4.69) is 5.32 Å². The summed E-state index contributed by atoms with van der Waals surface area (Å²) in [6, 6.07) is 8.36. The van der Waals surface area contributed by atoms with Crippen LogP contribution in [0.1, 0.15) is 27.2 Å². The Morgan fingerprint density at radius 2 is 1.90 bits per heavy atom. The van der Waals surface area contributed by atoms with Crippen LogP contribution in [0.3, 0.4) is 0 Å². The lowest BCUT2D eigenvalue weighted by atomic mass is 10.1. The molecule has 31 heavy (non-hydrogen) atoms. The van der Waals surface area contributed by atoms with Gasteiger partial charge in [0.1, 0.15) is 23.0 Å². The van der Waals surface area contributed by atoms with Gasteiger partial charge in [0.05, 0.1) is 25.2 Å². The third kappa shape index (κ3) is 4.20. The number of amides is 1. The zero-order chi connectivity index (χ0) is 22.5. The predicted octanol–water partition coefficient (Wildman–Crippen LogP) is 3.15. The Morgan fingerprint density at radius 1 is 1.26 bits per heavy atom. The van der Waals surface area contributed by atoms with Crippen LogP contribution in [0, 0.1) is 28.4 Å². The van der Waals surface area contributed by atoms with Crippen LogP contribution in [0.2, 0.25) is 0 Å². The normalized spacial score (nSPS) is 10.4. The highest BCUT2D eigenvalue weighted by molar-refractivity contribution is 5.98. The van der Waals surface area contributed by atoms with Gasteiger partial charge in [0.25, 0.3) is 11.6 Å². The van der Waals surface area contributed by atoms with Gasteiger partial charge in [-0.3, -0.25) is 19.5 Å². The highest BCUT2D eigenvalue weighted by Crippen LogP contribution is 2.34. The van der Waals surface area contributed by atoms with Crippen LogP contribution in [-0.2, 0) is 6.42 Å². The number of rotatable bonds is 8. The van der Waals surface area contributed by atoms with E-state index in [1.54, 1.807) is 36.0 Å². The van der Waals surface area contributed by atoms with E-state index in [9.17, 15) is 20.2 Å². The Morgan fingerprint density at radius 3 is 2.48 bits per heavy atom. The van der Waals surface area contributed by atoms with Crippen molar-refractivity contribution in [3.8, 4) is 23.5 Å². The van der Waals surface area contributed by atoms with Gasteiger partial charge in [-0.2, -0.15) is 5.26 Å². The average Bonchev–Trinajstić information content (AvgIpc) is 3.40. The number of hydrogen-bond donors (Lipinski definition) is 1. The summed E-state index contributed by atoms with van der Waals surface area (Å²) in [4.78, 5) is 23.7. The molecule has 1 N–H and O–H groups in total. The molecule has 0 bridgehead atoms. The van der Waals surface area contributed by atoms with Gasteiger partial charge in [-0.05, 0) is 31.5 Å². The van der Waals surface area contributed by atoms with E-state index < -0.39 is 10.8 Å². The number of ether oxygens (including phenoxy) is 2. The molecule has 3 rings (SSSR count). The monoisotopic (exact) mass is 424 g/mol. The minimum atomic E-state index is -0.517. The standard InChI is InChI=1S/C21H20N4O6/c1-13-19(15(12-22)21(31-13)24-8-4-5-9-24)20(26)23-7-6-14-10-17(29-2)18(30-3)11-16(14)25(27)28/h4-5,8-11H,6-7H2,1-3H3,(H,23,26). The minimum Gasteiger partial charge on any atom is -0.493 e. The molecule has 0 aliphatic rings. The van der Waals surface area contributed by atoms with E-state index >= 15 is 0 Å². The number of aryl methyl sites for hydroxylation is 1. The Kier molecular flexibility index (Phi) is 6.26. The van der Waals surface area contributed by atoms with Crippen LogP contribution in [0.15, 0.2) is 41.1 Å². The lowest BCUT2D eigenvalue weighted by Crippen LogP contribution is -2.26. The Labute approximate surface area is 177 Å². The summed E-state index contributed by atoms with van der Waals surface area (Å²) in [6.45, 7) is 1.70. The van der Waals surface area contributed by atoms with Crippen molar-refractivity contribution in [1.29, 1.82) is 5.26 Å². The molecular formula is C21H20N4O6. The van der Waals surface area contributed by atoms with Crippen molar-refractivity contribution >= 4 is 11.6 Å². The van der Waals surface area contributed by atoms with Crippen LogP contribution in [0.25, 0.3) is 5.88 Å². The molecule has 0 saturated heterocycles. The highest BCUT2D eigenvalue weighted by Gasteiger charge is 2.25. The van der Waals surface area contributed by atoms with Crippen LogP contribution >= 0.6 is 0 Å². The molecule has 0 unspecified atom stereocenters. The van der Waals surface area contributed by atoms with E-state index in [1.165, 1.54) is 26.4 Å². The number of nitrogens with one attached hydrogen (secondary N) is 1. The molecule has 1 aromatic carbocycles. The highest BCUT2D eigenvalue weighted by atomic mass is 16.6. The van der Waals surface area contributed by atoms with Gasteiger partial charge < -0.3 is 19.2 Å². The molecule has 3 aromatic rings. The second-order valence-corrected chi connectivity index (χ2v) is 6.51. The molecule has 0 atom stereocenters. The molecule has 0 aliphatic heterocycles. The third-order valence-corrected chi connectivity index (χ3v) is 4.70. The maximum atomic E-state index is 12.8. The first-order chi connectivity index (χ1) is 14.9. The van der Waals surface area contributed by atoms with Crippen molar-refractivity contribution in [2.24, 2.45) is 0 Å². The van der Waals surface area contributed by atoms with Crippen molar-refractivity contribution in [2.75, 3.05) is 20.8 Å². The van der Waals surface area contributed by atoms with Crippen LogP contribution < -0.4 is 14.8 Å². The Bertz CT molecular complexity index is 1160. The maximum Gasteiger partial charge on any atom is 0.276 e. The van der Waals surface area contributed by atoms with Crippen LogP contribution in [0.4, 0.5) is 5.69 Å². The molecule has 2 heterocycles. The van der Waals surface area contributed by atoms with Crippen LogP contribution in [-0.4, -0.2) is 36.2 Å². The number of carbonyl (C=O) groups is 1. The Hall–Kier alpha value is -4.26. The number of aromatic nitrogens is 1. The summed E-state index contributed by atoms with van der Waals surface area (Å²) in [5, 5.41) is 23.7. The molecular weight excluding hydrogens is 404 g/mol. The van der Waals surface area contributed by atoms with Gasteiger partial charge >= 0.3 is 0 Å². The predicted molar refractivity (Wildman–Crippen MR) is 110 cm³/mol. The van der Waals surface area contributed by atoms with Crippen molar-refractivity contribution in [3.63, 3.8) is 0 Å². The van der Waals surface area contributed by atoms with E-state index in [-0.39, 0.29) is 41.4 Å². The number of nitrogens with zero attached hydrogens (tertiary/aromatic N) is 3. The lowest BCUT2D eigenvalue weighted by molar-refractivity contribution is -0.385. The first-order valence-corrected chi connectivity index (χ1v) is 9.25. The summed E-state index contributed by atoms with van der Waals surface area (Å²) in [5.74, 6) is 0.648. The fraction of sp³-hybridized carbons (Fsp3) is 0.238. The molecule has 0 radical (unpaired) electrons. The summed E-state index contributed by atoms with van der Waals surface area (Å²) in [5.41, 5.74) is 0.482. The number of benzene rings is 1. The number of nitriles is 1.